The molecule has 3 aromatic rings. The Hall–Kier alpha value is -2.66. The van der Waals surface area contributed by atoms with E-state index in [0.29, 0.717) is 24.5 Å². The van der Waals surface area contributed by atoms with Crippen molar-refractivity contribution in [3.63, 3.8) is 0 Å². The van der Waals surface area contributed by atoms with Gasteiger partial charge < -0.3 is 10.1 Å². The maximum absolute atomic E-state index is 12.5. The molecular weight excluding hydrogens is 332 g/mol. The fraction of sp³-hybridized carbons (Fsp3) is 0.200. The second-order valence-corrected chi connectivity index (χ2v) is 6.40. The highest BCUT2D eigenvalue weighted by molar-refractivity contribution is 7.13. The van der Waals surface area contributed by atoms with Gasteiger partial charge in [-0.15, -0.1) is 11.3 Å². The van der Waals surface area contributed by atoms with Crippen LogP contribution in [0.15, 0.2) is 60.0 Å². The van der Waals surface area contributed by atoms with Gasteiger partial charge in [0, 0.05) is 10.9 Å². The first-order valence-corrected chi connectivity index (χ1v) is 9.15. The first-order valence-electron chi connectivity index (χ1n) is 8.27. The van der Waals surface area contributed by atoms with Crippen LogP contribution < -0.4 is 10.1 Å². The van der Waals surface area contributed by atoms with Crippen molar-refractivity contribution in [3.05, 3.63) is 71.2 Å². The monoisotopic (exact) mass is 352 g/mol. The molecule has 0 aliphatic heterocycles. The number of hydrogen-bond donors (Lipinski definition) is 1. The molecule has 5 heteroatoms. The Bertz CT molecular complexity index is 830. The highest BCUT2D eigenvalue weighted by Crippen LogP contribution is 2.23. The van der Waals surface area contributed by atoms with Crippen molar-refractivity contribution >= 4 is 17.2 Å². The van der Waals surface area contributed by atoms with Crippen molar-refractivity contribution in [1.82, 2.24) is 10.3 Å². The van der Waals surface area contributed by atoms with Gasteiger partial charge in [0.15, 0.2) is 0 Å². The van der Waals surface area contributed by atoms with Gasteiger partial charge in [-0.05, 0) is 18.6 Å². The molecule has 1 N–H and O–H groups in total. The largest absolute Gasteiger partial charge is 0.493 e. The zero-order valence-electron chi connectivity index (χ0n) is 14.1. The smallest absolute Gasteiger partial charge is 0.255 e. The van der Waals surface area contributed by atoms with E-state index in [4.69, 9.17) is 4.74 Å². The Morgan fingerprint density at radius 3 is 2.68 bits per heavy atom. The standard InChI is InChI=1S/C20H20N2O2S/c1-2-12-24-18-11-7-6-10-17(18)19(23)21-13-16-14-25-20(22-16)15-8-4-3-5-9-15/h3-11,14H,2,12-13H2,1H3,(H,21,23). The molecule has 1 aromatic heterocycles. The lowest BCUT2D eigenvalue weighted by Crippen LogP contribution is -2.23. The zero-order valence-corrected chi connectivity index (χ0v) is 14.9. The number of carbonyl (C=O) groups excluding carboxylic acids is 1. The molecule has 0 atom stereocenters. The van der Waals surface area contributed by atoms with Gasteiger partial charge >= 0.3 is 0 Å². The van der Waals surface area contributed by atoms with E-state index >= 15 is 0 Å². The van der Waals surface area contributed by atoms with Crippen LogP contribution in [0, 0.1) is 0 Å². The molecule has 0 aliphatic carbocycles. The molecular formula is C20H20N2O2S. The molecule has 3 rings (SSSR count). The molecule has 0 unspecified atom stereocenters. The first kappa shape index (κ1) is 17.2. The van der Waals surface area contributed by atoms with Crippen LogP contribution in [0.2, 0.25) is 0 Å². The highest BCUT2D eigenvalue weighted by atomic mass is 32.1. The van der Waals surface area contributed by atoms with E-state index in [0.717, 1.165) is 22.7 Å². The van der Waals surface area contributed by atoms with Gasteiger partial charge in [0.2, 0.25) is 0 Å². The second kappa shape index (κ2) is 8.44. The van der Waals surface area contributed by atoms with Crippen LogP contribution in [-0.4, -0.2) is 17.5 Å². The number of nitrogens with one attached hydrogen (secondary N) is 1. The minimum Gasteiger partial charge on any atom is -0.493 e. The van der Waals surface area contributed by atoms with E-state index in [9.17, 15) is 4.79 Å². The van der Waals surface area contributed by atoms with Gasteiger partial charge in [-0.1, -0.05) is 49.4 Å². The number of ether oxygens (including phenoxy) is 1. The minimum atomic E-state index is -0.152. The van der Waals surface area contributed by atoms with Crippen LogP contribution in [0.25, 0.3) is 10.6 Å². The summed E-state index contributed by atoms with van der Waals surface area (Å²) in [7, 11) is 0. The first-order chi connectivity index (χ1) is 12.3. The number of rotatable bonds is 7. The number of benzene rings is 2. The van der Waals surface area contributed by atoms with Crippen LogP contribution in [-0.2, 0) is 6.54 Å². The summed E-state index contributed by atoms with van der Waals surface area (Å²) in [6, 6.07) is 17.3. The molecule has 2 aromatic carbocycles. The Balaban J connectivity index is 1.64. The van der Waals surface area contributed by atoms with E-state index < -0.39 is 0 Å². The Morgan fingerprint density at radius 1 is 1.12 bits per heavy atom. The average molecular weight is 352 g/mol. The normalized spacial score (nSPS) is 10.4. The third-order valence-corrected chi connectivity index (χ3v) is 4.54. The summed E-state index contributed by atoms with van der Waals surface area (Å²) in [5.74, 6) is 0.464. The Morgan fingerprint density at radius 2 is 1.88 bits per heavy atom. The lowest BCUT2D eigenvalue weighted by Gasteiger charge is -2.10. The fourth-order valence-electron chi connectivity index (χ4n) is 2.36. The molecule has 0 saturated heterocycles. The molecule has 128 valence electrons. The van der Waals surface area contributed by atoms with E-state index in [1.165, 1.54) is 0 Å². The molecule has 0 spiro atoms. The molecule has 0 aliphatic rings. The van der Waals surface area contributed by atoms with Crippen molar-refractivity contribution < 1.29 is 9.53 Å². The van der Waals surface area contributed by atoms with Gasteiger partial charge in [0.05, 0.1) is 24.4 Å². The zero-order chi connectivity index (χ0) is 17.5. The van der Waals surface area contributed by atoms with Gasteiger partial charge in [-0.3, -0.25) is 4.79 Å². The highest BCUT2D eigenvalue weighted by Gasteiger charge is 2.12. The SMILES string of the molecule is CCCOc1ccccc1C(=O)NCc1csc(-c2ccccc2)n1. The van der Waals surface area contributed by atoms with Crippen LogP contribution in [0.1, 0.15) is 29.4 Å². The third kappa shape index (κ3) is 4.45. The number of hydrogen-bond acceptors (Lipinski definition) is 4. The van der Waals surface area contributed by atoms with Crippen molar-refractivity contribution in [2.24, 2.45) is 0 Å². The lowest BCUT2D eigenvalue weighted by molar-refractivity contribution is 0.0946. The molecule has 0 bridgehead atoms. The van der Waals surface area contributed by atoms with E-state index in [1.807, 2.05) is 60.8 Å². The van der Waals surface area contributed by atoms with Crippen LogP contribution >= 0.6 is 11.3 Å². The molecule has 0 saturated carbocycles. The number of para-hydroxylation sites is 1. The third-order valence-electron chi connectivity index (χ3n) is 3.60. The number of carbonyl (C=O) groups is 1. The number of amides is 1. The maximum Gasteiger partial charge on any atom is 0.255 e. The van der Waals surface area contributed by atoms with E-state index in [2.05, 4.69) is 10.3 Å². The minimum absolute atomic E-state index is 0.152. The average Bonchev–Trinajstić information content (AvgIpc) is 3.14. The number of aromatic nitrogens is 1. The predicted octanol–water partition coefficient (Wildman–Crippen LogP) is 4.53. The van der Waals surface area contributed by atoms with E-state index in [1.54, 1.807) is 17.4 Å². The number of nitrogens with zero attached hydrogens (tertiary/aromatic N) is 1. The summed E-state index contributed by atoms with van der Waals surface area (Å²) in [6.45, 7) is 3.02. The van der Waals surface area contributed by atoms with Gasteiger partial charge in [-0.25, -0.2) is 4.98 Å². The van der Waals surface area contributed by atoms with Crippen molar-refractivity contribution in [3.8, 4) is 16.3 Å². The molecule has 4 nitrogen and oxygen atoms in total. The van der Waals surface area contributed by atoms with Crippen molar-refractivity contribution in [2.45, 2.75) is 19.9 Å². The lowest BCUT2D eigenvalue weighted by atomic mass is 10.2. The molecule has 1 amide bonds. The second-order valence-electron chi connectivity index (χ2n) is 5.54. The van der Waals surface area contributed by atoms with Gasteiger partial charge in [0.1, 0.15) is 10.8 Å². The summed E-state index contributed by atoms with van der Waals surface area (Å²) in [4.78, 5) is 17.1. The summed E-state index contributed by atoms with van der Waals surface area (Å²) in [6.07, 6.45) is 0.900. The quantitative estimate of drug-likeness (QED) is 0.680. The van der Waals surface area contributed by atoms with Crippen molar-refractivity contribution in [2.75, 3.05) is 6.61 Å². The van der Waals surface area contributed by atoms with Crippen LogP contribution in [0.4, 0.5) is 0 Å². The number of thiazole rings is 1. The van der Waals surface area contributed by atoms with Gasteiger partial charge in [-0.2, -0.15) is 0 Å². The summed E-state index contributed by atoms with van der Waals surface area (Å²) < 4.78 is 5.65. The summed E-state index contributed by atoms with van der Waals surface area (Å²) in [5, 5.41) is 5.85. The Kier molecular flexibility index (Phi) is 5.80. The van der Waals surface area contributed by atoms with Crippen LogP contribution in [0.5, 0.6) is 5.75 Å². The summed E-state index contributed by atoms with van der Waals surface area (Å²) >= 11 is 1.58. The molecule has 0 radical (unpaired) electrons. The summed E-state index contributed by atoms with van der Waals surface area (Å²) in [5.41, 5.74) is 2.49. The fourth-order valence-corrected chi connectivity index (χ4v) is 3.19. The maximum atomic E-state index is 12.5. The van der Waals surface area contributed by atoms with Crippen LogP contribution in [0.3, 0.4) is 0 Å². The van der Waals surface area contributed by atoms with E-state index in [-0.39, 0.29) is 5.91 Å². The molecule has 25 heavy (non-hydrogen) atoms. The topological polar surface area (TPSA) is 51.2 Å². The predicted molar refractivity (Wildman–Crippen MR) is 101 cm³/mol. The molecule has 0 fully saturated rings. The van der Waals surface area contributed by atoms with Gasteiger partial charge in [0.25, 0.3) is 5.91 Å². The Labute approximate surface area is 151 Å². The molecule has 1 heterocycles. The van der Waals surface area contributed by atoms with Crippen molar-refractivity contribution in [1.29, 1.82) is 0 Å².